The zero-order valence-corrected chi connectivity index (χ0v) is 10.8. The Kier molecular flexibility index (Phi) is 3.89. The van der Waals surface area contributed by atoms with Crippen LogP contribution in [0.2, 0.25) is 5.02 Å². The van der Waals surface area contributed by atoms with Crippen molar-refractivity contribution in [2.24, 2.45) is 0 Å². The molecule has 0 atom stereocenters. The van der Waals surface area contributed by atoms with Crippen LogP contribution in [-0.4, -0.2) is 5.91 Å². The highest BCUT2D eigenvalue weighted by atomic mass is 35.5. The standard InChI is InChI=1S/C13H9ClFNOS/c14-10-7-8(15)5-6-11(10)16-13(17)9-3-1-2-4-12(9)18/h1-7,18H,(H,16,17). The highest BCUT2D eigenvalue weighted by molar-refractivity contribution is 7.80. The molecule has 92 valence electrons. The third-order valence-electron chi connectivity index (χ3n) is 2.33. The third kappa shape index (κ3) is 2.83. The van der Waals surface area contributed by atoms with Crippen molar-refractivity contribution in [1.82, 2.24) is 0 Å². The maximum absolute atomic E-state index is 12.9. The Hall–Kier alpha value is -1.52. The average molecular weight is 282 g/mol. The largest absolute Gasteiger partial charge is 0.321 e. The highest BCUT2D eigenvalue weighted by Gasteiger charge is 2.11. The molecule has 18 heavy (non-hydrogen) atoms. The van der Waals surface area contributed by atoms with Crippen LogP contribution in [0.3, 0.4) is 0 Å². The smallest absolute Gasteiger partial charge is 0.256 e. The Morgan fingerprint density at radius 1 is 1.22 bits per heavy atom. The quantitative estimate of drug-likeness (QED) is 0.800. The van der Waals surface area contributed by atoms with Crippen molar-refractivity contribution in [3.05, 3.63) is 58.9 Å². The van der Waals surface area contributed by atoms with Gasteiger partial charge in [-0.2, -0.15) is 0 Å². The molecule has 1 N–H and O–H groups in total. The summed E-state index contributed by atoms with van der Waals surface area (Å²) < 4.78 is 12.9. The first kappa shape index (κ1) is 12.9. The third-order valence-corrected chi connectivity index (χ3v) is 3.03. The van der Waals surface area contributed by atoms with Gasteiger partial charge in [0.1, 0.15) is 5.82 Å². The zero-order chi connectivity index (χ0) is 13.1. The van der Waals surface area contributed by atoms with Crippen LogP contribution >= 0.6 is 24.2 Å². The molecule has 0 unspecified atom stereocenters. The summed E-state index contributed by atoms with van der Waals surface area (Å²) >= 11 is 10.0. The van der Waals surface area contributed by atoms with Crippen molar-refractivity contribution in [3.8, 4) is 0 Å². The van der Waals surface area contributed by atoms with E-state index in [4.69, 9.17) is 11.6 Å². The molecule has 0 aliphatic rings. The minimum Gasteiger partial charge on any atom is -0.321 e. The van der Waals surface area contributed by atoms with E-state index in [9.17, 15) is 9.18 Å². The topological polar surface area (TPSA) is 29.1 Å². The van der Waals surface area contributed by atoms with Crippen molar-refractivity contribution in [1.29, 1.82) is 0 Å². The first-order valence-electron chi connectivity index (χ1n) is 5.12. The summed E-state index contributed by atoms with van der Waals surface area (Å²) in [7, 11) is 0. The van der Waals surface area contributed by atoms with E-state index in [0.29, 0.717) is 16.1 Å². The molecule has 0 aliphatic heterocycles. The van der Waals surface area contributed by atoms with Crippen molar-refractivity contribution in [2.45, 2.75) is 4.90 Å². The van der Waals surface area contributed by atoms with E-state index in [2.05, 4.69) is 17.9 Å². The molecule has 1 amide bonds. The van der Waals surface area contributed by atoms with Crippen molar-refractivity contribution in [2.75, 3.05) is 5.32 Å². The van der Waals surface area contributed by atoms with Gasteiger partial charge in [0.25, 0.3) is 5.91 Å². The van der Waals surface area contributed by atoms with Crippen molar-refractivity contribution < 1.29 is 9.18 Å². The Labute approximate surface area is 114 Å². The lowest BCUT2D eigenvalue weighted by Crippen LogP contribution is -2.12. The zero-order valence-electron chi connectivity index (χ0n) is 9.15. The van der Waals surface area contributed by atoms with Crippen LogP contribution in [0, 0.1) is 5.82 Å². The van der Waals surface area contributed by atoms with Gasteiger partial charge in [0.15, 0.2) is 0 Å². The van der Waals surface area contributed by atoms with Crippen LogP contribution in [-0.2, 0) is 0 Å². The van der Waals surface area contributed by atoms with Crippen LogP contribution in [0.15, 0.2) is 47.4 Å². The number of nitrogens with one attached hydrogen (secondary N) is 1. The molecule has 2 rings (SSSR count). The van der Waals surface area contributed by atoms with Gasteiger partial charge in [0, 0.05) is 4.90 Å². The summed E-state index contributed by atoms with van der Waals surface area (Å²) in [5.41, 5.74) is 0.792. The number of hydrogen-bond donors (Lipinski definition) is 2. The van der Waals surface area contributed by atoms with E-state index in [1.165, 1.54) is 12.1 Å². The minimum atomic E-state index is -0.451. The number of hydrogen-bond acceptors (Lipinski definition) is 2. The Morgan fingerprint density at radius 3 is 2.61 bits per heavy atom. The molecule has 0 fully saturated rings. The number of anilines is 1. The van der Waals surface area contributed by atoms with Gasteiger partial charge in [0.05, 0.1) is 16.3 Å². The number of amides is 1. The van der Waals surface area contributed by atoms with E-state index >= 15 is 0 Å². The molecule has 0 bridgehead atoms. The van der Waals surface area contributed by atoms with Gasteiger partial charge in [-0.1, -0.05) is 23.7 Å². The van der Waals surface area contributed by atoms with Gasteiger partial charge in [-0.25, -0.2) is 4.39 Å². The molecule has 5 heteroatoms. The molecule has 2 aromatic carbocycles. The number of thiol groups is 1. The fourth-order valence-electron chi connectivity index (χ4n) is 1.45. The molecule has 0 radical (unpaired) electrons. The molecular weight excluding hydrogens is 273 g/mol. The molecule has 2 nitrogen and oxygen atoms in total. The Balaban J connectivity index is 2.24. The van der Waals surface area contributed by atoms with Crippen LogP contribution in [0.5, 0.6) is 0 Å². The molecule has 0 spiro atoms. The SMILES string of the molecule is O=C(Nc1ccc(F)cc1Cl)c1ccccc1S. The van der Waals surface area contributed by atoms with Crippen molar-refractivity contribution >= 4 is 35.8 Å². The van der Waals surface area contributed by atoms with Crippen LogP contribution in [0.25, 0.3) is 0 Å². The summed E-state index contributed by atoms with van der Waals surface area (Å²) in [6.45, 7) is 0. The van der Waals surface area contributed by atoms with Gasteiger partial charge in [0.2, 0.25) is 0 Å². The molecular formula is C13H9ClFNOS. The van der Waals surface area contributed by atoms with E-state index in [-0.39, 0.29) is 10.9 Å². The molecule has 0 saturated heterocycles. The van der Waals surface area contributed by atoms with Gasteiger partial charge < -0.3 is 5.32 Å². The number of benzene rings is 2. The summed E-state index contributed by atoms with van der Waals surface area (Å²) in [6.07, 6.45) is 0. The summed E-state index contributed by atoms with van der Waals surface area (Å²) in [4.78, 5) is 12.5. The summed E-state index contributed by atoms with van der Waals surface area (Å²) in [6, 6.07) is 10.7. The summed E-state index contributed by atoms with van der Waals surface area (Å²) in [5.74, 6) is -0.790. The summed E-state index contributed by atoms with van der Waals surface area (Å²) in [5, 5.41) is 2.76. The monoisotopic (exact) mass is 281 g/mol. The maximum atomic E-state index is 12.9. The number of carbonyl (C=O) groups excluding carboxylic acids is 1. The number of rotatable bonds is 2. The second kappa shape index (κ2) is 5.42. The molecule has 0 aliphatic carbocycles. The fourth-order valence-corrected chi connectivity index (χ4v) is 1.92. The second-order valence-electron chi connectivity index (χ2n) is 3.60. The molecule has 0 heterocycles. The lowest BCUT2D eigenvalue weighted by Gasteiger charge is -2.08. The van der Waals surface area contributed by atoms with Crippen molar-refractivity contribution in [3.63, 3.8) is 0 Å². The normalized spacial score (nSPS) is 10.2. The van der Waals surface area contributed by atoms with E-state index in [0.717, 1.165) is 6.07 Å². The van der Waals surface area contributed by atoms with Crippen LogP contribution < -0.4 is 5.32 Å². The first-order chi connectivity index (χ1) is 8.58. The molecule has 0 aromatic heterocycles. The van der Waals surface area contributed by atoms with Crippen LogP contribution in [0.4, 0.5) is 10.1 Å². The van der Waals surface area contributed by atoms with Gasteiger partial charge in [-0.3, -0.25) is 4.79 Å². The highest BCUT2D eigenvalue weighted by Crippen LogP contribution is 2.23. The number of halogens is 2. The first-order valence-corrected chi connectivity index (χ1v) is 5.95. The minimum absolute atomic E-state index is 0.153. The molecule has 0 saturated carbocycles. The van der Waals surface area contributed by atoms with Gasteiger partial charge in [-0.15, -0.1) is 12.6 Å². The second-order valence-corrected chi connectivity index (χ2v) is 4.48. The maximum Gasteiger partial charge on any atom is 0.256 e. The predicted octanol–water partition coefficient (Wildman–Crippen LogP) is 4.02. The number of carbonyl (C=O) groups is 1. The van der Waals surface area contributed by atoms with Gasteiger partial charge in [-0.05, 0) is 30.3 Å². The fraction of sp³-hybridized carbons (Fsp3) is 0. The van der Waals surface area contributed by atoms with E-state index < -0.39 is 5.82 Å². The predicted molar refractivity (Wildman–Crippen MR) is 73.1 cm³/mol. The molecule has 2 aromatic rings. The van der Waals surface area contributed by atoms with E-state index in [1.54, 1.807) is 24.3 Å². The lowest BCUT2D eigenvalue weighted by atomic mass is 10.2. The average Bonchev–Trinajstić information content (AvgIpc) is 2.33. The lowest BCUT2D eigenvalue weighted by molar-refractivity contribution is 0.102. The Morgan fingerprint density at radius 2 is 1.94 bits per heavy atom. The Bertz CT molecular complexity index is 603. The van der Waals surface area contributed by atoms with Gasteiger partial charge >= 0.3 is 0 Å². The van der Waals surface area contributed by atoms with E-state index in [1.807, 2.05) is 0 Å². The van der Waals surface area contributed by atoms with Crippen LogP contribution in [0.1, 0.15) is 10.4 Å².